The summed E-state index contributed by atoms with van der Waals surface area (Å²) in [6.45, 7) is -0.471. The lowest BCUT2D eigenvalue weighted by molar-refractivity contribution is -0.921. The molecule has 0 bridgehead atoms. The Bertz CT molecular complexity index is 976. The number of nitrogens with zero attached hydrogens (tertiary/aromatic N) is 1. The molecule has 0 atom stereocenters. The Labute approximate surface area is 194 Å². The summed E-state index contributed by atoms with van der Waals surface area (Å²) in [6.07, 6.45) is -0.326. The van der Waals surface area contributed by atoms with Crippen LogP contribution >= 0.6 is 0 Å². The molecule has 0 radical (unpaired) electrons. The molecule has 3 N–H and O–H groups in total. The Kier molecular flexibility index (Phi) is 11.3. The van der Waals surface area contributed by atoms with E-state index in [-0.39, 0.29) is 56.5 Å². The van der Waals surface area contributed by atoms with Crippen molar-refractivity contribution >= 4 is 36.3 Å². The molecular weight excluding hydrogens is 502 g/mol. The summed E-state index contributed by atoms with van der Waals surface area (Å²) in [6, 6.07) is 8.76. The smallest absolute Gasteiger partial charge is 0.362 e. The molecule has 0 saturated carbocycles. The first-order valence-corrected chi connectivity index (χ1v) is 14.8. The average molecular weight is 533 g/mol. The number of hydrogen-bond donors (Lipinski definition) is 3. The van der Waals surface area contributed by atoms with E-state index in [4.69, 9.17) is 18.4 Å². The minimum Gasteiger partial charge on any atom is -0.457 e. The summed E-state index contributed by atoms with van der Waals surface area (Å²) in [5.41, 5.74) is 0.716. The summed E-state index contributed by atoms with van der Waals surface area (Å²) in [4.78, 5) is 12.6. The van der Waals surface area contributed by atoms with Gasteiger partial charge in [-0.25, -0.2) is 4.79 Å². The Balaban J connectivity index is 3.02. The van der Waals surface area contributed by atoms with Crippen LogP contribution in [0.1, 0.15) is 24.8 Å². The second-order valence-electron chi connectivity index (χ2n) is 7.74. The molecule has 0 aromatic heterocycles. The number of carbonyl (C=O) groups excluding carboxylic acids is 1. The van der Waals surface area contributed by atoms with E-state index in [0.29, 0.717) is 5.56 Å². The summed E-state index contributed by atoms with van der Waals surface area (Å²) in [7, 11) is -12.9. The highest BCUT2D eigenvalue weighted by Gasteiger charge is 2.32. The van der Waals surface area contributed by atoms with Crippen LogP contribution < -0.4 is 0 Å². The van der Waals surface area contributed by atoms with Gasteiger partial charge in [-0.2, -0.15) is 25.3 Å². The number of rotatable bonds is 16. The topological polar surface area (TPSA) is 189 Å². The molecule has 1 aromatic rings. The van der Waals surface area contributed by atoms with Crippen LogP contribution in [0.25, 0.3) is 0 Å². The fourth-order valence-electron chi connectivity index (χ4n) is 3.38. The van der Waals surface area contributed by atoms with Crippen LogP contribution in [0.2, 0.25) is 0 Å². The van der Waals surface area contributed by atoms with Gasteiger partial charge < -0.3 is 9.22 Å². The highest BCUT2D eigenvalue weighted by atomic mass is 32.2. The highest BCUT2D eigenvalue weighted by molar-refractivity contribution is 7.86. The maximum absolute atomic E-state index is 12.6. The van der Waals surface area contributed by atoms with Crippen LogP contribution in [0.4, 0.5) is 0 Å². The predicted octanol–water partition coefficient (Wildman–Crippen LogP) is 0.380. The molecule has 0 spiro atoms. The van der Waals surface area contributed by atoms with Gasteiger partial charge in [0, 0.05) is 19.3 Å². The highest BCUT2D eigenvalue weighted by Crippen LogP contribution is 2.15. The number of carbonyl (C=O) groups is 1. The molecule has 12 nitrogen and oxygen atoms in total. The van der Waals surface area contributed by atoms with Crippen LogP contribution in [-0.2, 0) is 46.5 Å². The van der Waals surface area contributed by atoms with Gasteiger partial charge in [-0.05, 0) is 5.56 Å². The fourth-order valence-corrected chi connectivity index (χ4v) is 4.86. The molecule has 0 saturated heterocycles. The number of benzene rings is 1. The lowest BCUT2D eigenvalue weighted by Crippen LogP contribution is -2.54. The number of quaternary nitrogens is 1. The molecule has 33 heavy (non-hydrogen) atoms. The maximum Gasteiger partial charge on any atom is 0.362 e. The van der Waals surface area contributed by atoms with Gasteiger partial charge in [0.25, 0.3) is 30.4 Å². The molecule has 0 aliphatic rings. The van der Waals surface area contributed by atoms with Crippen molar-refractivity contribution in [2.45, 2.75) is 25.9 Å². The average Bonchev–Trinajstić information content (AvgIpc) is 2.64. The third kappa shape index (κ3) is 15.0. The third-order valence-electron chi connectivity index (χ3n) is 4.81. The standard InChI is InChI=1S/C18H29NO11S3/c20-18(30-16-17-7-2-1-3-8-17)15-19(9-4-12-31(21,22)23,10-5-13-32(24,25)26)11-6-14-33(27,28)29/h1-3,7-8H,4-6,9-16H2,(H2-,21,22,23,24,25,26,27,28,29)/p+1. The van der Waals surface area contributed by atoms with E-state index in [9.17, 15) is 30.0 Å². The summed E-state index contributed by atoms with van der Waals surface area (Å²) in [5, 5.41) is 0. The Hall–Kier alpha value is -1.62. The van der Waals surface area contributed by atoms with Crippen LogP contribution in [0.5, 0.6) is 0 Å². The summed E-state index contributed by atoms with van der Waals surface area (Å²) in [5.74, 6) is -2.56. The van der Waals surface area contributed by atoms with Gasteiger partial charge in [0.2, 0.25) is 0 Å². The molecular formula is C18H30NO11S3+. The zero-order valence-corrected chi connectivity index (χ0v) is 20.4. The lowest BCUT2D eigenvalue weighted by atomic mass is 10.2. The van der Waals surface area contributed by atoms with Gasteiger partial charge in [0.05, 0.1) is 36.9 Å². The van der Waals surface area contributed by atoms with E-state index in [1.165, 1.54) is 0 Å². The van der Waals surface area contributed by atoms with Gasteiger partial charge in [-0.3, -0.25) is 13.7 Å². The molecule has 190 valence electrons. The van der Waals surface area contributed by atoms with Crippen molar-refractivity contribution in [3.05, 3.63) is 35.9 Å². The van der Waals surface area contributed by atoms with Crippen LogP contribution in [0.3, 0.4) is 0 Å². The summed E-state index contributed by atoms with van der Waals surface area (Å²) < 4.78 is 98.8. The van der Waals surface area contributed by atoms with Gasteiger partial charge in [-0.15, -0.1) is 0 Å². The molecule has 0 fully saturated rings. The van der Waals surface area contributed by atoms with Crippen molar-refractivity contribution in [3.8, 4) is 0 Å². The molecule has 1 aromatic carbocycles. The van der Waals surface area contributed by atoms with Gasteiger partial charge in [0.15, 0.2) is 6.54 Å². The second kappa shape index (κ2) is 12.7. The number of hydrogen-bond acceptors (Lipinski definition) is 8. The zero-order valence-electron chi connectivity index (χ0n) is 17.9. The van der Waals surface area contributed by atoms with Crippen molar-refractivity contribution in [2.75, 3.05) is 43.4 Å². The zero-order chi connectivity index (χ0) is 25.2. The molecule has 0 amide bonds. The van der Waals surface area contributed by atoms with E-state index < -0.39 is 53.6 Å². The maximum atomic E-state index is 12.6. The quantitative estimate of drug-likeness (QED) is 0.152. The minimum absolute atomic E-state index is 0.0306. The Morgan fingerprint density at radius 1 is 0.727 bits per heavy atom. The van der Waals surface area contributed by atoms with Crippen molar-refractivity contribution < 1.29 is 52.9 Å². The van der Waals surface area contributed by atoms with E-state index in [0.717, 1.165) is 0 Å². The molecule has 0 unspecified atom stereocenters. The lowest BCUT2D eigenvalue weighted by Gasteiger charge is -2.38. The SMILES string of the molecule is O=C(C[N+](CCCS(=O)(=O)O)(CCCS(=O)(=O)O)CCCS(=O)(=O)O)OCc1ccccc1. The van der Waals surface area contributed by atoms with Gasteiger partial charge in [-0.1, -0.05) is 30.3 Å². The van der Waals surface area contributed by atoms with Crippen LogP contribution in [0, 0.1) is 0 Å². The van der Waals surface area contributed by atoms with Crippen molar-refractivity contribution in [2.24, 2.45) is 0 Å². The van der Waals surface area contributed by atoms with E-state index in [2.05, 4.69) is 0 Å². The second-order valence-corrected chi connectivity index (χ2v) is 12.5. The third-order valence-corrected chi connectivity index (χ3v) is 7.23. The Morgan fingerprint density at radius 3 is 1.48 bits per heavy atom. The first-order valence-electron chi connectivity index (χ1n) is 9.99. The van der Waals surface area contributed by atoms with Gasteiger partial charge in [0.1, 0.15) is 6.61 Å². The first-order chi connectivity index (χ1) is 15.1. The molecule has 0 aliphatic heterocycles. The monoisotopic (exact) mass is 532 g/mol. The molecule has 0 heterocycles. The molecule has 1 rings (SSSR count). The fraction of sp³-hybridized carbons (Fsp3) is 0.611. The largest absolute Gasteiger partial charge is 0.457 e. The van der Waals surface area contributed by atoms with Crippen LogP contribution in [0.15, 0.2) is 30.3 Å². The normalized spacial score (nSPS) is 13.1. The summed E-state index contributed by atoms with van der Waals surface area (Å²) >= 11 is 0. The van der Waals surface area contributed by atoms with Gasteiger partial charge >= 0.3 is 5.97 Å². The van der Waals surface area contributed by atoms with Crippen LogP contribution in [-0.4, -0.2) is 92.8 Å². The number of ether oxygens (including phenoxy) is 1. The van der Waals surface area contributed by atoms with Crippen molar-refractivity contribution in [3.63, 3.8) is 0 Å². The number of esters is 1. The van der Waals surface area contributed by atoms with Crippen molar-refractivity contribution in [1.82, 2.24) is 0 Å². The Morgan fingerprint density at radius 2 is 1.12 bits per heavy atom. The molecule has 15 heteroatoms. The first kappa shape index (κ1) is 29.4. The van der Waals surface area contributed by atoms with E-state index in [1.54, 1.807) is 30.3 Å². The minimum atomic E-state index is -4.31. The predicted molar refractivity (Wildman–Crippen MR) is 119 cm³/mol. The van der Waals surface area contributed by atoms with Crippen molar-refractivity contribution in [1.29, 1.82) is 0 Å². The van der Waals surface area contributed by atoms with E-state index >= 15 is 0 Å². The van der Waals surface area contributed by atoms with E-state index in [1.807, 2.05) is 0 Å². The molecule has 0 aliphatic carbocycles.